The van der Waals surface area contributed by atoms with Crippen LogP contribution in [-0.2, 0) is 14.8 Å². The number of amides is 1. The standard InChI is InChI=1S/C24H28N2O4S/c1-17-9-11-22(15-18(17)2)26(31(4,28)29)19(3)24(27)25-13-14-30-23-12-10-20-7-5-6-8-21(20)16-23/h5-12,15-16,19H,13-14H2,1-4H3,(H,25,27)/t19-/m1/s1. The molecule has 1 amide bonds. The Morgan fingerprint density at radius 1 is 1.00 bits per heavy atom. The van der Waals surface area contributed by atoms with Crippen molar-refractivity contribution in [3.8, 4) is 5.75 Å². The third-order valence-electron chi connectivity index (χ3n) is 5.22. The number of carbonyl (C=O) groups is 1. The van der Waals surface area contributed by atoms with E-state index in [0.29, 0.717) is 11.4 Å². The normalized spacial score (nSPS) is 12.4. The Morgan fingerprint density at radius 3 is 2.39 bits per heavy atom. The first-order valence-corrected chi connectivity index (χ1v) is 12.0. The Hall–Kier alpha value is -3.06. The third kappa shape index (κ3) is 5.55. The summed E-state index contributed by atoms with van der Waals surface area (Å²) in [6, 6.07) is 18.3. The van der Waals surface area contributed by atoms with E-state index < -0.39 is 16.1 Å². The minimum Gasteiger partial charge on any atom is -0.492 e. The van der Waals surface area contributed by atoms with E-state index in [1.165, 1.54) is 0 Å². The molecule has 0 heterocycles. The minimum absolute atomic E-state index is 0.264. The SMILES string of the molecule is Cc1ccc(N([C@H](C)C(=O)NCCOc2ccc3ccccc3c2)S(C)(=O)=O)cc1C. The van der Waals surface area contributed by atoms with Gasteiger partial charge in [-0.3, -0.25) is 9.10 Å². The monoisotopic (exact) mass is 440 g/mol. The summed E-state index contributed by atoms with van der Waals surface area (Å²) in [6.45, 7) is 5.99. The molecule has 31 heavy (non-hydrogen) atoms. The molecule has 0 saturated heterocycles. The molecule has 1 N–H and O–H groups in total. The van der Waals surface area contributed by atoms with Crippen molar-refractivity contribution in [1.82, 2.24) is 5.32 Å². The number of fused-ring (bicyclic) bond motifs is 1. The highest BCUT2D eigenvalue weighted by Crippen LogP contribution is 2.24. The molecule has 3 aromatic rings. The lowest BCUT2D eigenvalue weighted by Crippen LogP contribution is -2.48. The summed E-state index contributed by atoms with van der Waals surface area (Å²) in [5.74, 6) is 0.333. The summed E-state index contributed by atoms with van der Waals surface area (Å²) in [4.78, 5) is 12.7. The highest BCUT2D eigenvalue weighted by atomic mass is 32.2. The minimum atomic E-state index is -3.64. The van der Waals surface area contributed by atoms with Crippen molar-refractivity contribution in [2.75, 3.05) is 23.7 Å². The number of anilines is 1. The van der Waals surface area contributed by atoms with Crippen LogP contribution in [-0.4, -0.2) is 39.8 Å². The average molecular weight is 441 g/mol. The molecule has 6 nitrogen and oxygen atoms in total. The van der Waals surface area contributed by atoms with E-state index in [9.17, 15) is 13.2 Å². The van der Waals surface area contributed by atoms with Crippen molar-refractivity contribution in [3.05, 3.63) is 71.8 Å². The van der Waals surface area contributed by atoms with E-state index in [0.717, 1.165) is 32.5 Å². The average Bonchev–Trinajstić information content (AvgIpc) is 2.72. The maximum absolute atomic E-state index is 12.7. The van der Waals surface area contributed by atoms with E-state index in [1.807, 2.05) is 62.4 Å². The first-order chi connectivity index (χ1) is 14.7. The molecule has 0 aliphatic carbocycles. The molecule has 0 radical (unpaired) electrons. The van der Waals surface area contributed by atoms with Gasteiger partial charge in [0.2, 0.25) is 15.9 Å². The zero-order valence-corrected chi connectivity index (χ0v) is 19.1. The van der Waals surface area contributed by atoms with Crippen LogP contribution in [0.3, 0.4) is 0 Å². The Balaban J connectivity index is 1.61. The molecular weight excluding hydrogens is 412 g/mol. The van der Waals surface area contributed by atoms with E-state index >= 15 is 0 Å². The number of nitrogens with one attached hydrogen (secondary N) is 1. The van der Waals surface area contributed by atoms with Gasteiger partial charge in [0.25, 0.3) is 0 Å². The Bertz CT molecular complexity index is 1190. The molecule has 7 heteroatoms. The van der Waals surface area contributed by atoms with Crippen LogP contribution in [0.4, 0.5) is 5.69 Å². The van der Waals surface area contributed by atoms with Crippen molar-refractivity contribution in [2.45, 2.75) is 26.8 Å². The number of sulfonamides is 1. The van der Waals surface area contributed by atoms with Crippen LogP contribution < -0.4 is 14.4 Å². The maximum Gasteiger partial charge on any atom is 0.243 e. The number of aryl methyl sites for hydroxylation is 2. The van der Waals surface area contributed by atoms with Gasteiger partial charge in [-0.25, -0.2) is 8.42 Å². The van der Waals surface area contributed by atoms with Gasteiger partial charge in [-0.05, 0) is 66.9 Å². The fraction of sp³-hybridized carbons (Fsp3) is 0.292. The van der Waals surface area contributed by atoms with Gasteiger partial charge in [0, 0.05) is 0 Å². The molecule has 0 fully saturated rings. The van der Waals surface area contributed by atoms with Crippen molar-refractivity contribution in [2.24, 2.45) is 0 Å². The second-order valence-corrected chi connectivity index (χ2v) is 9.51. The first-order valence-electron chi connectivity index (χ1n) is 10.1. The number of benzene rings is 3. The van der Waals surface area contributed by atoms with Gasteiger partial charge in [-0.1, -0.05) is 36.4 Å². The van der Waals surface area contributed by atoms with Gasteiger partial charge < -0.3 is 10.1 Å². The Labute approximate surface area is 183 Å². The van der Waals surface area contributed by atoms with Crippen molar-refractivity contribution in [1.29, 1.82) is 0 Å². The van der Waals surface area contributed by atoms with Crippen molar-refractivity contribution >= 4 is 32.4 Å². The zero-order valence-electron chi connectivity index (χ0n) is 18.3. The van der Waals surface area contributed by atoms with E-state index in [1.54, 1.807) is 19.1 Å². The first kappa shape index (κ1) is 22.6. The van der Waals surface area contributed by atoms with Gasteiger partial charge in [-0.2, -0.15) is 0 Å². The van der Waals surface area contributed by atoms with Crippen LogP contribution in [0, 0.1) is 13.8 Å². The summed E-state index contributed by atoms with van der Waals surface area (Å²) >= 11 is 0. The molecule has 0 aliphatic heterocycles. The molecule has 0 bridgehead atoms. The van der Waals surface area contributed by atoms with Gasteiger partial charge in [-0.15, -0.1) is 0 Å². The number of hydrogen-bond acceptors (Lipinski definition) is 4. The van der Waals surface area contributed by atoms with Crippen LogP contribution in [0.25, 0.3) is 10.8 Å². The topological polar surface area (TPSA) is 75.7 Å². The molecule has 1 atom stereocenters. The second kappa shape index (κ2) is 9.39. The van der Waals surface area contributed by atoms with Crippen LogP contribution in [0.2, 0.25) is 0 Å². The van der Waals surface area contributed by atoms with Gasteiger partial charge in [0.05, 0.1) is 18.5 Å². The van der Waals surface area contributed by atoms with E-state index in [2.05, 4.69) is 5.32 Å². The van der Waals surface area contributed by atoms with Crippen LogP contribution in [0.15, 0.2) is 60.7 Å². The number of ether oxygens (including phenoxy) is 1. The summed E-state index contributed by atoms with van der Waals surface area (Å²) in [5.41, 5.74) is 2.49. The lowest BCUT2D eigenvalue weighted by molar-refractivity contribution is -0.121. The highest BCUT2D eigenvalue weighted by Gasteiger charge is 2.29. The molecule has 0 spiro atoms. The number of rotatable bonds is 8. The molecule has 0 saturated carbocycles. The predicted octanol–water partition coefficient (Wildman–Crippen LogP) is 3.81. The fourth-order valence-electron chi connectivity index (χ4n) is 3.42. The zero-order chi connectivity index (χ0) is 22.6. The summed E-state index contributed by atoms with van der Waals surface area (Å²) < 4.78 is 31.7. The molecule has 3 aromatic carbocycles. The molecule has 0 aliphatic rings. The fourth-order valence-corrected chi connectivity index (χ4v) is 4.59. The highest BCUT2D eigenvalue weighted by molar-refractivity contribution is 7.92. The lowest BCUT2D eigenvalue weighted by atomic mass is 10.1. The van der Waals surface area contributed by atoms with E-state index in [-0.39, 0.29) is 19.1 Å². The van der Waals surface area contributed by atoms with E-state index in [4.69, 9.17) is 4.74 Å². The largest absolute Gasteiger partial charge is 0.492 e. The summed E-state index contributed by atoms with van der Waals surface area (Å²) in [7, 11) is -3.64. The molecule has 0 unspecified atom stereocenters. The molecular formula is C24H28N2O4S. The maximum atomic E-state index is 12.7. The number of hydrogen-bond donors (Lipinski definition) is 1. The molecule has 164 valence electrons. The smallest absolute Gasteiger partial charge is 0.243 e. The van der Waals surface area contributed by atoms with Crippen molar-refractivity contribution < 1.29 is 17.9 Å². The quantitative estimate of drug-likeness (QED) is 0.541. The van der Waals surface area contributed by atoms with Crippen LogP contribution in [0.1, 0.15) is 18.1 Å². The second-order valence-electron chi connectivity index (χ2n) is 7.65. The van der Waals surface area contributed by atoms with Gasteiger partial charge in [0.15, 0.2) is 0 Å². The van der Waals surface area contributed by atoms with Gasteiger partial charge in [0.1, 0.15) is 18.4 Å². The third-order valence-corrected chi connectivity index (χ3v) is 6.47. The Kier molecular flexibility index (Phi) is 6.85. The summed E-state index contributed by atoms with van der Waals surface area (Å²) in [5, 5.41) is 4.98. The lowest BCUT2D eigenvalue weighted by Gasteiger charge is -2.28. The van der Waals surface area contributed by atoms with Crippen molar-refractivity contribution in [3.63, 3.8) is 0 Å². The Morgan fingerprint density at radius 2 is 1.71 bits per heavy atom. The predicted molar refractivity (Wildman–Crippen MR) is 125 cm³/mol. The van der Waals surface area contributed by atoms with Crippen LogP contribution >= 0.6 is 0 Å². The number of carbonyl (C=O) groups excluding carboxylic acids is 1. The summed E-state index contributed by atoms with van der Waals surface area (Å²) in [6.07, 6.45) is 1.11. The van der Waals surface area contributed by atoms with Crippen LogP contribution in [0.5, 0.6) is 5.75 Å². The molecule has 3 rings (SSSR count). The number of nitrogens with zero attached hydrogens (tertiary/aromatic N) is 1. The molecule has 0 aromatic heterocycles. The van der Waals surface area contributed by atoms with Gasteiger partial charge >= 0.3 is 0 Å².